The maximum absolute atomic E-state index is 12.8. The van der Waals surface area contributed by atoms with Gasteiger partial charge in [0.2, 0.25) is 0 Å². The number of nitrogens with one attached hydrogen (secondary N) is 2. The van der Waals surface area contributed by atoms with Gasteiger partial charge in [0, 0.05) is 17.1 Å². The minimum atomic E-state index is -4.48. The molecule has 118 valence electrons. The molecule has 22 heavy (non-hydrogen) atoms. The molecule has 0 atom stereocenters. The summed E-state index contributed by atoms with van der Waals surface area (Å²) in [6.45, 7) is 4.39. The maximum Gasteiger partial charge on any atom is 0.417 e. The summed E-state index contributed by atoms with van der Waals surface area (Å²) in [5.41, 5.74) is -0.587. The number of halogens is 4. The molecule has 2 nitrogen and oxygen atoms in total. The number of benzene rings is 1. The van der Waals surface area contributed by atoms with Crippen LogP contribution in [0.15, 0.2) is 48.1 Å². The molecule has 2 aromatic rings. The van der Waals surface area contributed by atoms with Gasteiger partial charge < -0.3 is 10.6 Å². The minimum absolute atomic E-state index is 0.283. The van der Waals surface area contributed by atoms with Gasteiger partial charge in [0.15, 0.2) is 0 Å². The van der Waals surface area contributed by atoms with Gasteiger partial charge in [-0.2, -0.15) is 13.2 Å². The summed E-state index contributed by atoms with van der Waals surface area (Å²) in [4.78, 5) is 1.23. The van der Waals surface area contributed by atoms with E-state index in [9.17, 15) is 13.2 Å². The molecule has 0 amide bonds. The third kappa shape index (κ3) is 4.68. The van der Waals surface area contributed by atoms with Crippen LogP contribution in [-0.4, -0.2) is 6.54 Å². The second-order valence-corrected chi connectivity index (χ2v) is 5.99. The molecule has 0 unspecified atom stereocenters. The Hall–Kier alpha value is -1.66. The first-order chi connectivity index (χ1) is 10.4. The van der Waals surface area contributed by atoms with Gasteiger partial charge in [-0.3, -0.25) is 0 Å². The molecule has 1 aromatic carbocycles. The standard InChI is InChI=1S/C15H14ClF3N2S/c1-10(20-7-6-12-3-2-8-22-12)21-11-4-5-14(16)13(9-11)15(17,18)19/h2-5,8-9,20-21H,1,6-7H2. The second-order valence-electron chi connectivity index (χ2n) is 4.55. The molecule has 0 aliphatic carbocycles. The van der Waals surface area contributed by atoms with Crippen LogP contribution in [0.5, 0.6) is 0 Å². The van der Waals surface area contributed by atoms with Crippen LogP contribution < -0.4 is 10.6 Å². The van der Waals surface area contributed by atoms with Crippen LogP contribution >= 0.6 is 22.9 Å². The lowest BCUT2D eigenvalue weighted by Crippen LogP contribution is -2.21. The summed E-state index contributed by atoms with van der Waals surface area (Å²) < 4.78 is 38.3. The summed E-state index contributed by atoms with van der Waals surface area (Å²) >= 11 is 7.23. The van der Waals surface area contributed by atoms with Crippen molar-refractivity contribution in [2.24, 2.45) is 0 Å². The van der Waals surface area contributed by atoms with Crippen LogP contribution in [0.4, 0.5) is 18.9 Å². The lowest BCUT2D eigenvalue weighted by Gasteiger charge is -2.14. The summed E-state index contributed by atoms with van der Waals surface area (Å²) in [6, 6.07) is 7.65. The summed E-state index contributed by atoms with van der Waals surface area (Å²) in [5.74, 6) is 0.437. The number of rotatable bonds is 6. The molecule has 0 bridgehead atoms. The van der Waals surface area contributed by atoms with E-state index in [1.54, 1.807) is 11.3 Å². The molecule has 0 aliphatic heterocycles. The summed E-state index contributed by atoms with van der Waals surface area (Å²) in [7, 11) is 0. The number of anilines is 1. The monoisotopic (exact) mass is 346 g/mol. The van der Waals surface area contributed by atoms with Gasteiger partial charge in [0.05, 0.1) is 16.4 Å². The first-order valence-corrected chi connectivity index (χ1v) is 7.71. The fourth-order valence-electron chi connectivity index (χ4n) is 1.83. The SMILES string of the molecule is C=C(NCCc1cccs1)Nc1ccc(Cl)c(C(F)(F)F)c1. The van der Waals surface area contributed by atoms with E-state index < -0.39 is 11.7 Å². The van der Waals surface area contributed by atoms with Gasteiger partial charge >= 0.3 is 6.18 Å². The average molecular weight is 347 g/mol. The number of hydrogen-bond donors (Lipinski definition) is 2. The predicted octanol–water partition coefficient (Wildman–Crippen LogP) is 5.14. The average Bonchev–Trinajstić information content (AvgIpc) is 2.93. The molecule has 0 saturated carbocycles. The zero-order valence-corrected chi connectivity index (χ0v) is 13.1. The Morgan fingerprint density at radius 3 is 2.68 bits per heavy atom. The van der Waals surface area contributed by atoms with Crippen molar-refractivity contribution in [3.05, 3.63) is 63.6 Å². The quantitative estimate of drug-likeness (QED) is 0.757. The highest BCUT2D eigenvalue weighted by atomic mass is 35.5. The molecular formula is C15H14ClF3N2S. The van der Waals surface area contributed by atoms with Crippen LogP contribution in [-0.2, 0) is 12.6 Å². The molecule has 1 heterocycles. The van der Waals surface area contributed by atoms with E-state index >= 15 is 0 Å². The van der Waals surface area contributed by atoms with Crippen LogP contribution in [0.3, 0.4) is 0 Å². The molecule has 0 spiro atoms. The fourth-order valence-corrected chi connectivity index (χ4v) is 2.76. The highest BCUT2D eigenvalue weighted by molar-refractivity contribution is 7.09. The third-order valence-corrected chi connectivity index (χ3v) is 4.12. The highest BCUT2D eigenvalue weighted by Crippen LogP contribution is 2.36. The lowest BCUT2D eigenvalue weighted by atomic mass is 10.2. The van der Waals surface area contributed by atoms with Gasteiger partial charge in [-0.1, -0.05) is 24.2 Å². The molecule has 0 radical (unpaired) electrons. The van der Waals surface area contributed by atoms with Crippen molar-refractivity contribution in [2.45, 2.75) is 12.6 Å². The van der Waals surface area contributed by atoms with Gasteiger partial charge in [-0.25, -0.2) is 0 Å². The Morgan fingerprint density at radius 2 is 2.05 bits per heavy atom. The van der Waals surface area contributed by atoms with Gasteiger partial charge in [0.25, 0.3) is 0 Å². The van der Waals surface area contributed by atoms with Crippen molar-refractivity contribution < 1.29 is 13.2 Å². The van der Waals surface area contributed by atoms with E-state index in [0.29, 0.717) is 12.4 Å². The lowest BCUT2D eigenvalue weighted by molar-refractivity contribution is -0.137. The normalized spacial score (nSPS) is 11.3. The van der Waals surface area contributed by atoms with E-state index in [0.717, 1.165) is 12.5 Å². The smallest absolute Gasteiger partial charge is 0.372 e. The first-order valence-electron chi connectivity index (χ1n) is 6.45. The van der Waals surface area contributed by atoms with Gasteiger partial charge in [0.1, 0.15) is 0 Å². The molecule has 1 aromatic heterocycles. The van der Waals surface area contributed by atoms with E-state index in [4.69, 9.17) is 11.6 Å². The van der Waals surface area contributed by atoms with Crippen molar-refractivity contribution in [3.8, 4) is 0 Å². The van der Waals surface area contributed by atoms with Crippen molar-refractivity contribution in [2.75, 3.05) is 11.9 Å². The Morgan fingerprint density at radius 1 is 1.27 bits per heavy atom. The predicted molar refractivity (Wildman–Crippen MR) is 85.2 cm³/mol. The zero-order chi connectivity index (χ0) is 16.2. The molecule has 2 N–H and O–H groups in total. The van der Waals surface area contributed by atoms with Crippen LogP contribution in [0.2, 0.25) is 5.02 Å². The third-order valence-electron chi connectivity index (χ3n) is 2.86. The zero-order valence-electron chi connectivity index (χ0n) is 11.5. The van der Waals surface area contributed by atoms with Crippen LogP contribution in [0.1, 0.15) is 10.4 Å². The maximum atomic E-state index is 12.8. The molecular weight excluding hydrogens is 333 g/mol. The van der Waals surface area contributed by atoms with Gasteiger partial charge in [-0.15, -0.1) is 11.3 Å². The van der Waals surface area contributed by atoms with E-state index in [1.165, 1.54) is 17.0 Å². The summed E-state index contributed by atoms with van der Waals surface area (Å²) in [6.07, 6.45) is -3.66. The Labute approximate surface area is 135 Å². The van der Waals surface area contributed by atoms with Gasteiger partial charge in [-0.05, 0) is 36.1 Å². The van der Waals surface area contributed by atoms with E-state index in [-0.39, 0.29) is 10.7 Å². The molecule has 0 fully saturated rings. The molecule has 0 aliphatic rings. The Balaban J connectivity index is 1.91. The topological polar surface area (TPSA) is 24.1 Å². The second kappa shape index (κ2) is 7.07. The number of hydrogen-bond acceptors (Lipinski definition) is 3. The number of alkyl halides is 3. The van der Waals surface area contributed by atoms with Crippen LogP contribution in [0, 0.1) is 0 Å². The Bertz CT molecular complexity index is 639. The first kappa shape index (κ1) is 16.7. The molecule has 0 saturated heterocycles. The summed E-state index contributed by atoms with van der Waals surface area (Å²) in [5, 5.41) is 7.50. The van der Waals surface area contributed by atoms with Crippen molar-refractivity contribution in [3.63, 3.8) is 0 Å². The minimum Gasteiger partial charge on any atom is -0.372 e. The van der Waals surface area contributed by atoms with Crippen molar-refractivity contribution in [1.29, 1.82) is 0 Å². The van der Waals surface area contributed by atoms with Crippen LogP contribution in [0.25, 0.3) is 0 Å². The van der Waals surface area contributed by atoms with Crippen molar-refractivity contribution in [1.82, 2.24) is 5.32 Å². The highest BCUT2D eigenvalue weighted by Gasteiger charge is 2.33. The number of thiophene rings is 1. The van der Waals surface area contributed by atoms with E-state index in [2.05, 4.69) is 17.2 Å². The van der Waals surface area contributed by atoms with Crippen molar-refractivity contribution >= 4 is 28.6 Å². The van der Waals surface area contributed by atoms with E-state index in [1.807, 2.05) is 17.5 Å². The Kier molecular flexibility index (Phi) is 5.37. The molecule has 2 rings (SSSR count). The fraction of sp³-hybridized carbons (Fsp3) is 0.200. The molecule has 7 heteroatoms. The largest absolute Gasteiger partial charge is 0.417 e.